The van der Waals surface area contributed by atoms with Crippen molar-refractivity contribution in [1.82, 2.24) is 15.6 Å². The van der Waals surface area contributed by atoms with Crippen molar-refractivity contribution >= 4 is 23.4 Å². The Morgan fingerprint density at radius 3 is 2.29 bits per heavy atom. The molecule has 0 spiro atoms. The van der Waals surface area contributed by atoms with E-state index < -0.39 is 6.09 Å². The number of alkyl carbamates (subject to hydrolysis) is 1. The Hall–Kier alpha value is -4.73. The second kappa shape index (κ2) is 15.8. The lowest BCUT2D eigenvalue weighted by Gasteiger charge is -2.27. The number of hydrogen-bond donors (Lipinski definition) is 5. The van der Waals surface area contributed by atoms with E-state index in [1.165, 1.54) is 37.7 Å². The molecule has 1 aromatic heterocycles. The highest BCUT2D eigenvalue weighted by atomic mass is 16.5. The Labute approximate surface area is 264 Å². The number of ether oxygens (including phenoxy) is 1. The van der Waals surface area contributed by atoms with E-state index in [1.54, 1.807) is 67.0 Å². The summed E-state index contributed by atoms with van der Waals surface area (Å²) >= 11 is 0. The Morgan fingerprint density at radius 2 is 1.58 bits per heavy atom. The number of para-hydroxylation sites is 2. The minimum Gasteiger partial charge on any atom is -0.445 e. The number of nitrogens with zero attached hydrogens (tertiary/aromatic N) is 1. The van der Waals surface area contributed by atoms with E-state index in [1.807, 2.05) is 6.07 Å². The summed E-state index contributed by atoms with van der Waals surface area (Å²) in [4.78, 5) is 28.0. The Bertz CT molecular complexity index is 1510. The molecular formula is C36H42N6O3. The average Bonchev–Trinajstić information content (AvgIpc) is 3.85. The molecule has 0 aliphatic heterocycles. The molecule has 2 aliphatic carbocycles. The molecular weight excluding hydrogens is 564 g/mol. The van der Waals surface area contributed by atoms with Gasteiger partial charge in [0.2, 0.25) is 0 Å². The van der Waals surface area contributed by atoms with Gasteiger partial charge in [-0.3, -0.25) is 9.78 Å². The van der Waals surface area contributed by atoms with Crippen LogP contribution in [0.2, 0.25) is 0 Å². The first kappa shape index (κ1) is 31.7. The third kappa shape index (κ3) is 9.89. The molecule has 2 fully saturated rings. The third-order valence-corrected chi connectivity index (χ3v) is 8.19. The van der Waals surface area contributed by atoms with E-state index in [2.05, 4.69) is 51.3 Å². The van der Waals surface area contributed by atoms with Crippen molar-refractivity contribution in [1.29, 1.82) is 0 Å². The number of carbonyl (C=O) groups is 2. The number of amides is 2. The first-order valence-corrected chi connectivity index (χ1v) is 15.6. The van der Waals surface area contributed by atoms with Gasteiger partial charge in [-0.25, -0.2) is 4.79 Å². The molecule has 9 heteroatoms. The van der Waals surface area contributed by atoms with Gasteiger partial charge in [-0.2, -0.15) is 0 Å². The van der Waals surface area contributed by atoms with Crippen molar-refractivity contribution < 1.29 is 14.3 Å². The number of nitrogens with one attached hydrogen (secondary N) is 3. The predicted molar refractivity (Wildman–Crippen MR) is 177 cm³/mol. The Morgan fingerprint density at radius 1 is 0.844 bits per heavy atom. The smallest absolute Gasteiger partial charge is 0.407 e. The number of hydrogen-bond acceptors (Lipinski definition) is 7. The van der Waals surface area contributed by atoms with Gasteiger partial charge in [0, 0.05) is 54.1 Å². The van der Waals surface area contributed by atoms with Crippen LogP contribution in [0.15, 0.2) is 103 Å². The highest BCUT2D eigenvalue weighted by Gasteiger charge is 2.39. The molecule has 7 N–H and O–H groups in total. The van der Waals surface area contributed by atoms with E-state index in [0.29, 0.717) is 35.6 Å². The van der Waals surface area contributed by atoms with Crippen LogP contribution in [0.4, 0.5) is 16.2 Å². The molecule has 4 aromatic rings. The summed E-state index contributed by atoms with van der Waals surface area (Å²) in [7, 11) is 0. The van der Waals surface area contributed by atoms with Crippen LogP contribution < -0.4 is 27.4 Å². The van der Waals surface area contributed by atoms with E-state index >= 15 is 0 Å². The van der Waals surface area contributed by atoms with Crippen molar-refractivity contribution in [2.75, 3.05) is 11.1 Å². The van der Waals surface area contributed by atoms with Gasteiger partial charge in [0.25, 0.3) is 5.91 Å². The van der Waals surface area contributed by atoms with Crippen LogP contribution in [0.1, 0.15) is 65.1 Å². The zero-order valence-electron chi connectivity index (χ0n) is 25.4. The molecule has 0 radical (unpaired) electrons. The van der Waals surface area contributed by atoms with Gasteiger partial charge in [-0.15, -0.1) is 0 Å². The molecule has 1 heterocycles. The van der Waals surface area contributed by atoms with Crippen molar-refractivity contribution in [2.45, 2.75) is 69.3 Å². The highest BCUT2D eigenvalue weighted by Crippen LogP contribution is 2.41. The lowest BCUT2D eigenvalue weighted by Crippen LogP contribution is -2.38. The second-order valence-corrected chi connectivity index (χ2v) is 11.7. The summed E-state index contributed by atoms with van der Waals surface area (Å²) in [6.07, 6.45) is 9.00. The molecule has 2 saturated carbocycles. The molecule has 3 aromatic carbocycles. The lowest BCUT2D eigenvalue weighted by molar-refractivity contribution is 0.102. The Balaban J connectivity index is 0.000000200. The molecule has 234 valence electrons. The number of aromatic nitrogens is 1. The van der Waals surface area contributed by atoms with Crippen LogP contribution in [-0.4, -0.2) is 35.1 Å². The minimum atomic E-state index is -0.523. The quantitative estimate of drug-likeness (QED) is 0.153. The fraction of sp³-hybridized carbons (Fsp3) is 0.306. The summed E-state index contributed by atoms with van der Waals surface area (Å²) in [5.41, 5.74) is 16.5. The lowest BCUT2D eigenvalue weighted by atomic mass is 9.92. The van der Waals surface area contributed by atoms with Crippen molar-refractivity contribution in [3.05, 3.63) is 126 Å². The molecule has 2 unspecified atom stereocenters. The molecule has 2 aliphatic rings. The minimum absolute atomic E-state index is 0.154. The van der Waals surface area contributed by atoms with Gasteiger partial charge in [0.1, 0.15) is 6.61 Å². The van der Waals surface area contributed by atoms with Crippen molar-refractivity contribution in [3.8, 4) is 0 Å². The largest absolute Gasteiger partial charge is 0.445 e. The van der Waals surface area contributed by atoms with E-state index in [-0.39, 0.29) is 12.5 Å². The van der Waals surface area contributed by atoms with Gasteiger partial charge in [0.05, 0.1) is 11.4 Å². The molecule has 0 bridgehead atoms. The number of benzene rings is 3. The molecule has 0 saturated heterocycles. The number of anilines is 2. The van der Waals surface area contributed by atoms with Crippen molar-refractivity contribution in [2.24, 2.45) is 5.73 Å². The normalized spacial score (nSPS) is 20.2. The zero-order chi connectivity index (χ0) is 31.4. The van der Waals surface area contributed by atoms with Gasteiger partial charge < -0.3 is 32.2 Å². The van der Waals surface area contributed by atoms with Gasteiger partial charge in [-0.05, 0) is 73.6 Å². The summed E-state index contributed by atoms with van der Waals surface area (Å²) in [6.45, 7) is 0.445. The van der Waals surface area contributed by atoms with E-state index in [9.17, 15) is 9.59 Å². The van der Waals surface area contributed by atoms with Crippen LogP contribution >= 0.6 is 0 Å². The number of nitrogen functional groups attached to an aromatic ring is 1. The number of nitrogens with two attached hydrogens (primary N) is 2. The van der Waals surface area contributed by atoms with Crippen molar-refractivity contribution in [3.63, 3.8) is 0 Å². The van der Waals surface area contributed by atoms with Crippen LogP contribution in [0.5, 0.6) is 0 Å². The summed E-state index contributed by atoms with van der Waals surface area (Å²) in [6, 6.07) is 30.4. The summed E-state index contributed by atoms with van der Waals surface area (Å²) in [5.74, 6) is 0.500. The van der Waals surface area contributed by atoms with E-state index in [0.717, 1.165) is 23.1 Å². The number of rotatable bonds is 9. The van der Waals surface area contributed by atoms with Gasteiger partial charge in [0.15, 0.2) is 0 Å². The Kier molecular flexibility index (Phi) is 11.1. The van der Waals surface area contributed by atoms with Gasteiger partial charge in [-0.1, -0.05) is 60.7 Å². The third-order valence-electron chi connectivity index (χ3n) is 8.19. The van der Waals surface area contributed by atoms with Crippen LogP contribution in [-0.2, 0) is 17.9 Å². The van der Waals surface area contributed by atoms with E-state index in [4.69, 9.17) is 16.2 Å². The number of pyridine rings is 1. The van der Waals surface area contributed by atoms with Crippen LogP contribution in [0.3, 0.4) is 0 Å². The second-order valence-electron chi connectivity index (χ2n) is 11.7. The average molecular weight is 607 g/mol. The SMILES string of the molecule is NC1CCC(NC2CC2c2ccccc2)CC1.Nc1ccccc1NC(=O)c1ccc(CNC(=O)OCc2cccnc2)cc1. The topological polar surface area (TPSA) is 144 Å². The maximum Gasteiger partial charge on any atom is 0.407 e. The molecule has 45 heavy (non-hydrogen) atoms. The molecule has 9 nitrogen and oxygen atoms in total. The first-order valence-electron chi connectivity index (χ1n) is 15.6. The monoisotopic (exact) mass is 606 g/mol. The molecule has 6 rings (SSSR count). The summed E-state index contributed by atoms with van der Waals surface area (Å²) in [5, 5.41) is 9.24. The van der Waals surface area contributed by atoms with Crippen LogP contribution in [0, 0.1) is 0 Å². The molecule has 2 amide bonds. The number of carbonyl (C=O) groups excluding carboxylic acids is 2. The fourth-order valence-corrected chi connectivity index (χ4v) is 5.47. The standard InChI is InChI=1S/C21H20N4O3.C15H22N2/c22-18-5-1-2-6-19(18)25-20(26)17-9-7-15(8-10-17)13-24-21(27)28-14-16-4-3-11-23-12-16;16-12-6-8-13(9-7-12)17-15-10-14(15)11-4-2-1-3-5-11/h1-12H,13-14,22H2,(H,24,27)(H,25,26);1-5,12-15,17H,6-10,16H2. The highest BCUT2D eigenvalue weighted by molar-refractivity contribution is 6.05. The maximum atomic E-state index is 12.3. The fourth-order valence-electron chi connectivity index (χ4n) is 5.47. The zero-order valence-corrected chi connectivity index (χ0v) is 25.4. The predicted octanol–water partition coefficient (Wildman–Crippen LogP) is 5.74. The maximum absolute atomic E-state index is 12.3. The summed E-state index contributed by atoms with van der Waals surface area (Å²) < 4.78 is 5.12. The van der Waals surface area contributed by atoms with Gasteiger partial charge >= 0.3 is 6.09 Å². The molecule has 2 atom stereocenters. The van der Waals surface area contributed by atoms with Crippen LogP contribution in [0.25, 0.3) is 0 Å². The first-order chi connectivity index (χ1) is 21.9.